The van der Waals surface area contributed by atoms with E-state index in [1.807, 2.05) is 0 Å². The molecule has 1 saturated heterocycles. The summed E-state index contributed by atoms with van der Waals surface area (Å²) in [6.45, 7) is 5.25. The van der Waals surface area contributed by atoms with E-state index in [0.717, 1.165) is 37.1 Å². The van der Waals surface area contributed by atoms with E-state index in [2.05, 4.69) is 29.4 Å². The van der Waals surface area contributed by atoms with Gasteiger partial charge in [0.2, 0.25) is 15.2 Å². The number of hydrogen-bond donors (Lipinski definition) is 1. The maximum Gasteiger partial charge on any atom is 0.257 e. The SMILES string of the molecule is CC(C)Cc1nnc(NC(=O)c2cccc(S(=O)(=O)N3CCCCCC3)c2)s1. The molecular weight excluding hydrogens is 396 g/mol. The molecule has 7 nitrogen and oxygen atoms in total. The Labute approximate surface area is 170 Å². The summed E-state index contributed by atoms with van der Waals surface area (Å²) in [4.78, 5) is 12.7. The van der Waals surface area contributed by atoms with Crippen molar-refractivity contribution in [3.63, 3.8) is 0 Å². The third kappa shape index (κ3) is 5.15. The molecule has 0 spiro atoms. The predicted octanol–water partition coefficient (Wildman–Crippen LogP) is 3.55. The van der Waals surface area contributed by atoms with Gasteiger partial charge in [0.1, 0.15) is 5.01 Å². The molecule has 2 heterocycles. The Kier molecular flexibility index (Phi) is 6.79. The molecule has 0 unspecified atom stereocenters. The van der Waals surface area contributed by atoms with Crippen molar-refractivity contribution < 1.29 is 13.2 Å². The number of carbonyl (C=O) groups excluding carboxylic acids is 1. The van der Waals surface area contributed by atoms with Gasteiger partial charge in [-0.15, -0.1) is 10.2 Å². The number of benzene rings is 1. The van der Waals surface area contributed by atoms with Gasteiger partial charge in [-0.05, 0) is 37.0 Å². The molecular formula is C19H26N4O3S2. The second-order valence-corrected chi connectivity index (χ2v) is 10.4. The molecule has 1 aromatic heterocycles. The molecule has 1 amide bonds. The van der Waals surface area contributed by atoms with Crippen LogP contribution >= 0.6 is 11.3 Å². The minimum absolute atomic E-state index is 0.153. The molecule has 1 aromatic carbocycles. The molecule has 1 aliphatic heterocycles. The Hall–Kier alpha value is -1.84. The molecule has 1 fully saturated rings. The fraction of sp³-hybridized carbons (Fsp3) is 0.526. The van der Waals surface area contributed by atoms with Crippen LogP contribution in [0.4, 0.5) is 5.13 Å². The minimum atomic E-state index is -3.60. The Morgan fingerprint density at radius 1 is 1.18 bits per heavy atom. The summed E-state index contributed by atoms with van der Waals surface area (Å²) in [5, 5.41) is 12.1. The van der Waals surface area contributed by atoms with Crippen LogP contribution in [0.15, 0.2) is 29.2 Å². The van der Waals surface area contributed by atoms with Crippen molar-refractivity contribution >= 4 is 32.4 Å². The number of sulfonamides is 1. The normalized spacial score (nSPS) is 16.1. The smallest absolute Gasteiger partial charge is 0.257 e. The molecule has 152 valence electrons. The molecule has 0 bridgehead atoms. The molecule has 0 aliphatic carbocycles. The molecule has 0 atom stereocenters. The lowest BCUT2D eigenvalue weighted by atomic mass is 10.1. The van der Waals surface area contributed by atoms with Crippen LogP contribution in [0, 0.1) is 5.92 Å². The van der Waals surface area contributed by atoms with Gasteiger partial charge in [0, 0.05) is 25.1 Å². The van der Waals surface area contributed by atoms with Crippen LogP contribution in [-0.2, 0) is 16.4 Å². The Morgan fingerprint density at radius 3 is 2.57 bits per heavy atom. The number of amides is 1. The highest BCUT2D eigenvalue weighted by atomic mass is 32.2. The molecule has 2 aromatic rings. The monoisotopic (exact) mass is 422 g/mol. The summed E-state index contributed by atoms with van der Waals surface area (Å²) in [5.74, 6) is 0.0672. The van der Waals surface area contributed by atoms with Gasteiger partial charge in [0.25, 0.3) is 5.91 Å². The van der Waals surface area contributed by atoms with Crippen LogP contribution in [0.3, 0.4) is 0 Å². The van der Waals surface area contributed by atoms with E-state index in [-0.39, 0.29) is 16.4 Å². The fourth-order valence-electron chi connectivity index (χ4n) is 3.13. The van der Waals surface area contributed by atoms with Crippen molar-refractivity contribution in [2.45, 2.75) is 50.8 Å². The summed E-state index contributed by atoms with van der Waals surface area (Å²) in [6.07, 6.45) is 4.64. The van der Waals surface area contributed by atoms with Crippen LogP contribution in [0.5, 0.6) is 0 Å². The summed E-state index contributed by atoms with van der Waals surface area (Å²) in [5.41, 5.74) is 0.288. The number of nitrogens with one attached hydrogen (secondary N) is 1. The van der Waals surface area contributed by atoms with Crippen LogP contribution in [0.2, 0.25) is 0 Å². The average Bonchev–Trinajstić information content (AvgIpc) is 2.91. The van der Waals surface area contributed by atoms with E-state index in [9.17, 15) is 13.2 Å². The molecule has 0 radical (unpaired) electrons. The standard InChI is InChI=1S/C19H26N4O3S2/c1-14(2)12-17-21-22-19(27-17)20-18(24)15-8-7-9-16(13-15)28(25,26)23-10-5-3-4-6-11-23/h7-9,13-14H,3-6,10-12H2,1-2H3,(H,20,22,24). The third-order valence-corrected chi connectivity index (χ3v) is 7.32. The van der Waals surface area contributed by atoms with E-state index >= 15 is 0 Å². The first-order valence-electron chi connectivity index (χ1n) is 9.60. The quantitative estimate of drug-likeness (QED) is 0.768. The first-order valence-corrected chi connectivity index (χ1v) is 11.9. The highest BCUT2D eigenvalue weighted by Gasteiger charge is 2.26. The van der Waals surface area contributed by atoms with Crippen LogP contribution in [0.1, 0.15) is 54.9 Å². The molecule has 0 saturated carbocycles. The number of aromatic nitrogens is 2. The lowest BCUT2D eigenvalue weighted by molar-refractivity contribution is 0.102. The highest BCUT2D eigenvalue weighted by Crippen LogP contribution is 2.22. The molecule has 3 rings (SSSR count). The van der Waals surface area contributed by atoms with Crippen molar-refractivity contribution in [3.05, 3.63) is 34.8 Å². The fourth-order valence-corrected chi connectivity index (χ4v) is 5.64. The molecule has 1 aliphatic rings. The topological polar surface area (TPSA) is 92.3 Å². The maximum absolute atomic E-state index is 13.0. The molecule has 9 heteroatoms. The van der Waals surface area contributed by atoms with Crippen molar-refractivity contribution in [2.75, 3.05) is 18.4 Å². The van der Waals surface area contributed by atoms with E-state index < -0.39 is 10.0 Å². The number of rotatable bonds is 6. The second kappa shape index (κ2) is 9.11. The van der Waals surface area contributed by atoms with Gasteiger partial charge in [0.05, 0.1) is 4.90 Å². The van der Waals surface area contributed by atoms with Gasteiger partial charge in [-0.1, -0.05) is 44.1 Å². The van der Waals surface area contributed by atoms with Gasteiger partial charge >= 0.3 is 0 Å². The Morgan fingerprint density at radius 2 is 1.89 bits per heavy atom. The summed E-state index contributed by atoms with van der Waals surface area (Å²) >= 11 is 1.34. The zero-order chi connectivity index (χ0) is 20.1. The van der Waals surface area contributed by atoms with E-state index in [1.54, 1.807) is 18.2 Å². The van der Waals surface area contributed by atoms with Crippen LogP contribution in [0.25, 0.3) is 0 Å². The zero-order valence-electron chi connectivity index (χ0n) is 16.2. The van der Waals surface area contributed by atoms with Gasteiger partial charge in [0.15, 0.2) is 0 Å². The lowest BCUT2D eigenvalue weighted by Gasteiger charge is -2.20. The first-order chi connectivity index (χ1) is 13.4. The van der Waals surface area contributed by atoms with Crippen molar-refractivity contribution in [2.24, 2.45) is 5.92 Å². The van der Waals surface area contributed by atoms with Crippen LogP contribution in [-0.4, -0.2) is 41.9 Å². The number of nitrogens with zero attached hydrogens (tertiary/aromatic N) is 3. The zero-order valence-corrected chi connectivity index (χ0v) is 17.9. The Balaban J connectivity index is 1.75. The second-order valence-electron chi connectivity index (χ2n) is 7.40. The highest BCUT2D eigenvalue weighted by molar-refractivity contribution is 7.89. The van der Waals surface area contributed by atoms with E-state index in [0.29, 0.717) is 24.1 Å². The largest absolute Gasteiger partial charge is 0.296 e. The van der Waals surface area contributed by atoms with Gasteiger partial charge in [-0.25, -0.2) is 8.42 Å². The summed E-state index contributed by atoms with van der Waals surface area (Å²) in [7, 11) is -3.60. The van der Waals surface area contributed by atoms with Gasteiger partial charge < -0.3 is 0 Å². The number of anilines is 1. The van der Waals surface area contributed by atoms with E-state index in [1.165, 1.54) is 21.7 Å². The maximum atomic E-state index is 13.0. The average molecular weight is 423 g/mol. The van der Waals surface area contributed by atoms with Gasteiger partial charge in [-0.3, -0.25) is 10.1 Å². The van der Waals surface area contributed by atoms with Crippen LogP contribution < -0.4 is 5.32 Å². The molecule has 1 N–H and O–H groups in total. The number of carbonyl (C=O) groups is 1. The lowest BCUT2D eigenvalue weighted by Crippen LogP contribution is -2.32. The summed E-state index contributed by atoms with van der Waals surface area (Å²) < 4.78 is 27.4. The van der Waals surface area contributed by atoms with Crippen molar-refractivity contribution in [1.82, 2.24) is 14.5 Å². The Bertz CT molecular complexity index is 917. The van der Waals surface area contributed by atoms with Crippen molar-refractivity contribution in [1.29, 1.82) is 0 Å². The third-order valence-electron chi connectivity index (χ3n) is 4.57. The van der Waals surface area contributed by atoms with Crippen molar-refractivity contribution in [3.8, 4) is 0 Å². The first kappa shape index (κ1) is 20.9. The molecule has 28 heavy (non-hydrogen) atoms. The minimum Gasteiger partial charge on any atom is -0.296 e. The van der Waals surface area contributed by atoms with Gasteiger partial charge in [-0.2, -0.15) is 4.31 Å². The number of hydrogen-bond acceptors (Lipinski definition) is 6. The summed E-state index contributed by atoms with van der Waals surface area (Å²) in [6, 6.07) is 6.19. The van der Waals surface area contributed by atoms with E-state index in [4.69, 9.17) is 0 Å². The predicted molar refractivity (Wildman–Crippen MR) is 110 cm³/mol.